The molecule has 3 aliphatic carbocycles. The number of hydrogen-bond acceptors (Lipinski definition) is 10. The molecule has 15 nitrogen and oxygen atoms in total. The summed E-state index contributed by atoms with van der Waals surface area (Å²) in [5, 5.41) is 4.24. The summed E-state index contributed by atoms with van der Waals surface area (Å²) in [6.45, 7) is 6.98. The quantitative estimate of drug-likeness (QED) is 0.130. The van der Waals surface area contributed by atoms with E-state index in [1.807, 2.05) is 4.72 Å². The van der Waals surface area contributed by atoms with E-state index in [1.165, 1.54) is 24.1 Å². The molecule has 326 valence electrons. The summed E-state index contributed by atoms with van der Waals surface area (Å²) < 4.78 is 95.7. The molecule has 20 heteroatoms. The third-order valence-electron chi connectivity index (χ3n) is 11.9. The Kier molecular flexibility index (Phi) is 12.3. The van der Waals surface area contributed by atoms with Gasteiger partial charge in [0.2, 0.25) is 28.3 Å². The maximum absolute atomic E-state index is 15.1. The van der Waals surface area contributed by atoms with Gasteiger partial charge in [-0.15, -0.1) is 0 Å². The van der Waals surface area contributed by atoms with Crippen LogP contribution in [0.4, 0.5) is 22.4 Å². The Labute approximate surface area is 339 Å². The fourth-order valence-electron chi connectivity index (χ4n) is 8.00. The van der Waals surface area contributed by atoms with Gasteiger partial charge in [-0.3, -0.25) is 23.9 Å². The Hall–Kier alpha value is -4.49. The number of nitrogens with one attached hydrogen (secondary N) is 4. The van der Waals surface area contributed by atoms with Crippen molar-refractivity contribution in [1.82, 2.24) is 30.2 Å². The molecule has 4 amide bonds. The number of rotatable bonds is 17. The van der Waals surface area contributed by atoms with Gasteiger partial charge in [0, 0.05) is 19.0 Å². The lowest BCUT2D eigenvalue weighted by atomic mass is 9.85. The highest BCUT2D eigenvalue weighted by Crippen LogP contribution is 2.49. The highest BCUT2D eigenvalue weighted by molar-refractivity contribution is 7.91. The predicted molar refractivity (Wildman–Crippen MR) is 205 cm³/mol. The molecule has 1 aliphatic heterocycles. The van der Waals surface area contributed by atoms with Crippen molar-refractivity contribution in [3.63, 3.8) is 0 Å². The van der Waals surface area contributed by atoms with Gasteiger partial charge in [0.1, 0.15) is 29.5 Å². The molecule has 0 radical (unpaired) electrons. The van der Waals surface area contributed by atoms with Crippen LogP contribution in [0, 0.1) is 23.2 Å². The topological polar surface area (TPSA) is 206 Å². The van der Waals surface area contributed by atoms with Crippen molar-refractivity contribution < 1.29 is 54.6 Å². The summed E-state index contributed by atoms with van der Waals surface area (Å²) in [5.41, 5.74) is -4.47. The number of aromatic amines is 1. The minimum Gasteiger partial charge on any atom is -0.497 e. The number of carbonyl (C=O) groups excluding carboxylic acids is 4. The summed E-state index contributed by atoms with van der Waals surface area (Å²) in [7, 11) is -2.67. The Morgan fingerprint density at radius 1 is 1.08 bits per heavy atom. The number of nitrogens with zero attached hydrogens (tertiary/aromatic N) is 2. The number of fused-ring (bicyclic) bond motifs is 1. The Bertz CT molecular complexity index is 2130. The lowest BCUT2D eigenvalue weighted by Crippen LogP contribution is -2.61. The Balaban J connectivity index is 1.03. The zero-order valence-corrected chi connectivity index (χ0v) is 34.4. The van der Waals surface area contributed by atoms with Gasteiger partial charge in [0.15, 0.2) is 5.69 Å². The van der Waals surface area contributed by atoms with E-state index < -0.39 is 117 Å². The van der Waals surface area contributed by atoms with E-state index in [1.54, 1.807) is 33.8 Å². The largest absolute Gasteiger partial charge is 0.497 e. The Morgan fingerprint density at radius 2 is 1.80 bits per heavy atom. The van der Waals surface area contributed by atoms with Gasteiger partial charge in [0.05, 0.1) is 29.3 Å². The number of hydrogen-bond donors (Lipinski definition) is 4. The second-order valence-corrected chi connectivity index (χ2v) is 19.3. The van der Waals surface area contributed by atoms with Crippen LogP contribution in [-0.4, -0.2) is 96.2 Å². The predicted octanol–water partition coefficient (Wildman–Crippen LogP) is 4.49. The number of alkyl halides is 4. The first-order valence-corrected chi connectivity index (χ1v) is 21.6. The standard InChI is InChI=1S/C39H52F4N6O9S/c1-6-20-14-16-49(28(20)32(50)47-38(19-24(38)31(40)41)35(53)48-59(55,56)23-11-12-23)34(52)30(37(2,3)4)46-36(54)58-27-17-21(27)9-7-8-15-39(42,43)29-33(51)45-26-18-22(57-5)10-13-25(26)44-29/h10,13,18,20-21,23-24,27-28,30-31H,6-9,11-12,14-17,19H2,1-5H3,(H,45,51)(H,46,54)(H,47,50)(H,48,53)/t20?,21-,24+,27?,28+,30-,38?/m1/s1. The zero-order valence-electron chi connectivity index (χ0n) is 33.6. The minimum absolute atomic E-state index is 0.0717. The summed E-state index contributed by atoms with van der Waals surface area (Å²) in [4.78, 5) is 74.6. The third-order valence-corrected chi connectivity index (χ3v) is 13.7. The average molecular weight is 857 g/mol. The van der Waals surface area contributed by atoms with E-state index in [-0.39, 0.29) is 29.9 Å². The van der Waals surface area contributed by atoms with Crippen molar-refractivity contribution in [3.05, 3.63) is 34.2 Å². The SMILES string of the molecule is CCC1CCN(C(=O)[C@@H](NC(=O)OC2C[C@H]2CCCCC(F)(F)c2nc3ccc(OC)cc3[nH]c2=O)C(C)(C)C)[C@@H]1C(=O)NC1(C(=O)NS(=O)(=O)C2CC2)C[C@H]1C(F)F. The monoisotopic (exact) mass is 856 g/mol. The third kappa shape index (κ3) is 9.62. The number of unbranched alkanes of at least 4 members (excludes halogenated alkanes) is 1. The number of H-pyrrole nitrogens is 1. The number of methoxy groups -OCH3 is 1. The zero-order chi connectivity index (χ0) is 43.2. The first-order valence-electron chi connectivity index (χ1n) is 20.0. The van der Waals surface area contributed by atoms with Gasteiger partial charge >= 0.3 is 6.09 Å². The number of alkyl carbamates (subject to hydrolysis) is 1. The van der Waals surface area contributed by atoms with Crippen molar-refractivity contribution in [2.75, 3.05) is 13.7 Å². The van der Waals surface area contributed by atoms with Crippen LogP contribution >= 0.6 is 0 Å². The molecular weight excluding hydrogens is 805 g/mol. The van der Waals surface area contributed by atoms with Crippen LogP contribution in [-0.2, 0) is 35.1 Å². The summed E-state index contributed by atoms with van der Waals surface area (Å²) >= 11 is 0. The second kappa shape index (κ2) is 16.5. The normalized spacial score (nSPS) is 26.0. The van der Waals surface area contributed by atoms with Crippen LogP contribution in [0.5, 0.6) is 5.75 Å². The molecule has 0 spiro atoms. The van der Waals surface area contributed by atoms with Gasteiger partial charge in [-0.1, -0.05) is 40.5 Å². The van der Waals surface area contributed by atoms with Crippen LogP contribution in [0.2, 0.25) is 0 Å². The van der Waals surface area contributed by atoms with Gasteiger partial charge in [0.25, 0.3) is 17.4 Å². The van der Waals surface area contributed by atoms with Crippen LogP contribution in [0.3, 0.4) is 0 Å². The number of aromatic nitrogens is 2. The highest BCUT2D eigenvalue weighted by Gasteiger charge is 2.67. The molecule has 1 aromatic carbocycles. The molecule has 7 atom stereocenters. The lowest BCUT2D eigenvalue weighted by molar-refractivity contribution is -0.144. The summed E-state index contributed by atoms with van der Waals surface area (Å²) in [6, 6.07) is 2.13. The molecule has 2 aromatic rings. The van der Waals surface area contributed by atoms with E-state index in [0.717, 1.165) is 0 Å². The smallest absolute Gasteiger partial charge is 0.408 e. The molecule has 4 fully saturated rings. The number of sulfonamides is 1. The number of ether oxygens (including phenoxy) is 2. The van der Waals surface area contributed by atoms with E-state index in [0.29, 0.717) is 50.7 Å². The maximum Gasteiger partial charge on any atom is 0.408 e. The number of amides is 4. The van der Waals surface area contributed by atoms with Gasteiger partial charge in [-0.2, -0.15) is 8.78 Å². The molecule has 59 heavy (non-hydrogen) atoms. The Morgan fingerprint density at radius 3 is 2.41 bits per heavy atom. The minimum atomic E-state index is -4.10. The fourth-order valence-corrected chi connectivity index (χ4v) is 9.36. The highest BCUT2D eigenvalue weighted by atomic mass is 32.2. The first-order chi connectivity index (χ1) is 27.6. The van der Waals surface area contributed by atoms with E-state index in [9.17, 15) is 41.2 Å². The number of carbonyl (C=O) groups is 4. The molecule has 3 unspecified atom stereocenters. The number of likely N-dealkylation sites (tertiary alicyclic amines) is 1. The summed E-state index contributed by atoms with van der Waals surface area (Å²) in [5.74, 6) is -7.94. The summed E-state index contributed by atoms with van der Waals surface area (Å²) in [6.07, 6.45) is -2.70. The van der Waals surface area contributed by atoms with Crippen LogP contribution < -0.4 is 25.7 Å². The second-order valence-electron chi connectivity index (χ2n) is 17.3. The molecule has 3 saturated carbocycles. The van der Waals surface area contributed by atoms with Gasteiger partial charge in [-0.25, -0.2) is 27.0 Å². The van der Waals surface area contributed by atoms with Gasteiger partial charge in [-0.05, 0) is 74.3 Å². The van der Waals surface area contributed by atoms with Gasteiger partial charge < -0.3 is 30.0 Å². The molecule has 0 bridgehead atoms. The molecule has 1 aromatic heterocycles. The van der Waals surface area contributed by atoms with Crippen molar-refractivity contribution in [1.29, 1.82) is 0 Å². The molecular formula is C39H52F4N6O9S. The van der Waals surface area contributed by atoms with Crippen molar-refractivity contribution in [3.8, 4) is 5.75 Å². The fraction of sp³-hybridized carbons (Fsp3) is 0.692. The molecule has 4 N–H and O–H groups in total. The van der Waals surface area contributed by atoms with E-state index in [4.69, 9.17) is 9.47 Å². The number of halogens is 4. The molecule has 4 aliphatic rings. The van der Waals surface area contributed by atoms with Crippen molar-refractivity contribution in [2.24, 2.45) is 23.2 Å². The van der Waals surface area contributed by atoms with Crippen molar-refractivity contribution >= 4 is 44.9 Å². The van der Waals surface area contributed by atoms with E-state index >= 15 is 8.78 Å². The van der Waals surface area contributed by atoms with Crippen LogP contribution in [0.15, 0.2) is 23.0 Å². The van der Waals surface area contributed by atoms with Crippen molar-refractivity contribution in [2.45, 2.75) is 133 Å². The maximum atomic E-state index is 15.1. The molecule has 2 heterocycles. The van der Waals surface area contributed by atoms with E-state index in [2.05, 4.69) is 20.6 Å². The molecule has 1 saturated heterocycles. The average Bonchev–Trinajstić information content (AvgIpc) is 4.09. The van der Waals surface area contributed by atoms with Crippen LogP contribution in [0.25, 0.3) is 11.0 Å². The van der Waals surface area contributed by atoms with Crippen LogP contribution in [0.1, 0.15) is 97.6 Å². The first kappa shape index (κ1) is 44.1. The molecule has 6 rings (SSSR count). The number of benzene rings is 1. The lowest BCUT2D eigenvalue weighted by Gasteiger charge is -2.36.